The third kappa shape index (κ3) is 7.85. The van der Waals surface area contributed by atoms with E-state index in [1.165, 1.54) is 31.2 Å². The molecule has 0 radical (unpaired) electrons. The Morgan fingerprint density at radius 1 is 0.860 bits per heavy atom. The Bertz CT molecular complexity index is 2110. The van der Waals surface area contributed by atoms with Crippen LogP contribution in [0.25, 0.3) is 10.8 Å². The third-order valence-electron chi connectivity index (χ3n) is 5.51. The molecular weight excluding hydrogens is 632 g/mol. The monoisotopic (exact) mass is 654 g/mol. The molecule has 0 saturated carbocycles. The van der Waals surface area contributed by atoms with Crippen molar-refractivity contribution in [2.45, 2.75) is 16.7 Å². The van der Waals surface area contributed by atoms with E-state index in [9.17, 15) is 39.5 Å². The first-order valence-corrected chi connectivity index (χ1v) is 16.1. The summed E-state index contributed by atoms with van der Waals surface area (Å²) in [6.45, 7) is 1.29. The molecule has 0 unspecified atom stereocenters. The zero-order chi connectivity index (χ0) is 31.7. The molecule has 4 aromatic rings. The maximum absolute atomic E-state index is 12.2. The largest absolute Gasteiger partial charge is 0.507 e. The number of nitrogen functional groups attached to an aromatic ring is 1. The Hall–Kier alpha value is -4.54. The number of nitrogens with one attached hydrogen (secondary N) is 2. The Labute approximate surface area is 244 Å². The molecule has 0 aliphatic rings. The molecule has 0 spiro atoms. The Morgan fingerprint density at radius 3 is 2.21 bits per heavy atom. The zero-order valence-electron chi connectivity index (χ0n) is 21.7. The van der Waals surface area contributed by atoms with Crippen LogP contribution in [0.2, 0.25) is 0 Å². The number of benzene rings is 3. The van der Waals surface area contributed by atoms with E-state index in [2.05, 4.69) is 35.8 Å². The van der Waals surface area contributed by atoms with Crippen molar-refractivity contribution in [2.24, 2.45) is 10.2 Å². The van der Waals surface area contributed by atoms with Crippen molar-refractivity contribution >= 4 is 75.8 Å². The van der Waals surface area contributed by atoms with Crippen LogP contribution in [-0.4, -0.2) is 71.3 Å². The average Bonchev–Trinajstić information content (AvgIpc) is 2.86. The van der Waals surface area contributed by atoms with Gasteiger partial charge in [-0.3, -0.25) is 13.7 Å². The summed E-state index contributed by atoms with van der Waals surface area (Å²) in [5.74, 6) is -1.14. The van der Waals surface area contributed by atoms with Gasteiger partial charge in [0.1, 0.15) is 27.8 Å². The average molecular weight is 655 g/mol. The SMILES string of the molecule is Cc1nc(NCCS(=O)(=O)O)nc(Nc2ccc(N=Nc3c(N)ccc4cc(S(=O)(=O)O)cc(O)c34)c(S(=O)(=O)O)c2)n1. The lowest BCUT2D eigenvalue weighted by atomic mass is 10.1. The van der Waals surface area contributed by atoms with Crippen LogP contribution in [0, 0.1) is 6.92 Å². The fourth-order valence-electron chi connectivity index (χ4n) is 3.69. The molecular formula is C22H22N8O10S3. The quantitative estimate of drug-likeness (QED) is 0.0734. The number of hydrogen-bond donors (Lipinski definition) is 7. The molecule has 228 valence electrons. The molecule has 8 N–H and O–H groups in total. The predicted octanol–water partition coefficient (Wildman–Crippen LogP) is 2.57. The number of azo groups is 1. The van der Waals surface area contributed by atoms with E-state index >= 15 is 0 Å². The van der Waals surface area contributed by atoms with Crippen LogP contribution in [0.3, 0.4) is 0 Å². The van der Waals surface area contributed by atoms with Gasteiger partial charge in [0.25, 0.3) is 30.4 Å². The molecule has 1 aromatic heterocycles. The van der Waals surface area contributed by atoms with Crippen LogP contribution in [0.15, 0.2) is 62.5 Å². The summed E-state index contributed by atoms with van der Waals surface area (Å²) in [4.78, 5) is 10.8. The molecule has 0 amide bonds. The van der Waals surface area contributed by atoms with Gasteiger partial charge < -0.3 is 21.5 Å². The third-order valence-corrected chi connectivity index (χ3v) is 7.95. The number of hydrogen-bond acceptors (Lipinski definition) is 15. The highest BCUT2D eigenvalue weighted by Gasteiger charge is 2.20. The van der Waals surface area contributed by atoms with Crippen molar-refractivity contribution < 1.29 is 44.0 Å². The van der Waals surface area contributed by atoms with Crippen LogP contribution in [0.5, 0.6) is 5.75 Å². The highest BCUT2D eigenvalue weighted by atomic mass is 32.2. The maximum Gasteiger partial charge on any atom is 0.296 e. The summed E-state index contributed by atoms with van der Waals surface area (Å²) in [5.41, 5.74) is 5.52. The number of nitrogens with two attached hydrogens (primary N) is 1. The molecule has 0 bridgehead atoms. The molecule has 43 heavy (non-hydrogen) atoms. The number of phenols is 1. The van der Waals surface area contributed by atoms with E-state index in [0.29, 0.717) is 0 Å². The molecule has 21 heteroatoms. The normalized spacial score (nSPS) is 12.6. The van der Waals surface area contributed by atoms with Crippen LogP contribution in [0.1, 0.15) is 5.82 Å². The van der Waals surface area contributed by atoms with E-state index in [4.69, 9.17) is 10.3 Å². The van der Waals surface area contributed by atoms with Gasteiger partial charge in [0.2, 0.25) is 11.9 Å². The molecule has 0 atom stereocenters. The van der Waals surface area contributed by atoms with Crippen molar-refractivity contribution in [1.82, 2.24) is 15.0 Å². The molecule has 0 saturated heterocycles. The van der Waals surface area contributed by atoms with Gasteiger partial charge in [-0.2, -0.15) is 40.2 Å². The Balaban J connectivity index is 1.69. The summed E-state index contributed by atoms with van der Waals surface area (Å²) in [7, 11) is -13.8. The van der Waals surface area contributed by atoms with E-state index in [1.54, 1.807) is 0 Å². The van der Waals surface area contributed by atoms with Crippen molar-refractivity contribution in [2.75, 3.05) is 28.7 Å². The van der Waals surface area contributed by atoms with Crippen LogP contribution >= 0.6 is 0 Å². The fourth-order valence-corrected chi connectivity index (χ4v) is 5.24. The molecule has 18 nitrogen and oxygen atoms in total. The minimum absolute atomic E-state index is 0.0240. The van der Waals surface area contributed by atoms with Gasteiger partial charge >= 0.3 is 0 Å². The first kappa shape index (κ1) is 31.4. The zero-order valence-corrected chi connectivity index (χ0v) is 24.2. The lowest BCUT2D eigenvalue weighted by molar-refractivity contribution is 0.471. The number of rotatable bonds is 10. The lowest BCUT2D eigenvalue weighted by Crippen LogP contribution is -2.17. The van der Waals surface area contributed by atoms with Crippen molar-refractivity contribution in [3.05, 3.63) is 48.3 Å². The van der Waals surface area contributed by atoms with Crippen LogP contribution in [-0.2, 0) is 30.4 Å². The summed E-state index contributed by atoms with van der Waals surface area (Å²) in [6, 6.07) is 8.03. The van der Waals surface area contributed by atoms with Crippen molar-refractivity contribution in [3.8, 4) is 5.75 Å². The van der Waals surface area contributed by atoms with E-state index in [0.717, 1.165) is 18.2 Å². The molecule has 4 rings (SSSR count). The van der Waals surface area contributed by atoms with Gasteiger partial charge in [-0.15, -0.1) is 10.2 Å². The summed E-state index contributed by atoms with van der Waals surface area (Å²) < 4.78 is 97.3. The Morgan fingerprint density at radius 2 is 1.56 bits per heavy atom. The van der Waals surface area contributed by atoms with Crippen molar-refractivity contribution in [1.29, 1.82) is 0 Å². The smallest absolute Gasteiger partial charge is 0.296 e. The number of anilines is 4. The predicted molar refractivity (Wildman–Crippen MR) is 153 cm³/mol. The molecule has 0 aliphatic heterocycles. The number of aromatic hydroxyl groups is 1. The van der Waals surface area contributed by atoms with Crippen LogP contribution < -0.4 is 16.4 Å². The Kier molecular flexibility index (Phi) is 8.49. The fraction of sp³-hybridized carbons (Fsp3) is 0.136. The van der Waals surface area contributed by atoms with Gasteiger partial charge in [0.15, 0.2) is 0 Å². The van der Waals surface area contributed by atoms with Gasteiger partial charge in [0, 0.05) is 18.3 Å². The highest BCUT2D eigenvalue weighted by Crippen LogP contribution is 2.41. The highest BCUT2D eigenvalue weighted by molar-refractivity contribution is 7.86. The number of aryl methyl sites for hydroxylation is 1. The second-order valence-electron chi connectivity index (χ2n) is 8.74. The first-order valence-electron chi connectivity index (χ1n) is 11.7. The van der Waals surface area contributed by atoms with E-state index in [-0.39, 0.29) is 57.8 Å². The lowest BCUT2D eigenvalue weighted by Gasteiger charge is -2.11. The molecule has 0 aliphatic carbocycles. The van der Waals surface area contributed by atoms with E-state index in [1.807, 2.05) is 0 Å². The summed E-state index contributed by atoms with van der Waals surface area (Å²) in [6.07, 6.45) is 0. The molecule has 3 aromatic carbocycles. The number of aromatic nitrogens is 3. The standard InChI is InChI=1S/C22H22N8O10S3/c1-11-25-21(24-6-7-41(32,33)34)28-22(26-11)27-13-3-5-16(18(9-13)43(38,39)40)29-30-20-15(23)4-2-12-8-14(42(35,36)37)10-17(31)19(12)20/h2-5,8-10,31H,6-7,23H2,1H3,(H,32,33,34)(H,35,36,37)(H,38,39,40)(H2,24,25,26,27,28). The second-order valence-corrected chi connectivity index (χ2v) is 13.1. The first-order chi connectivity index (χ1) is 19.9. The number of nitrogens with zero attached hydrogens (tertiary/aromatic N) is 5. The van der Waals surface area contributed by atoms with Gasteiger partial charge in [-0.05, 0) is 42.6 Å². The maximum atomic E-state index is 12.2. The summed E-state index contributed by atoms with van der Waals surface area (Å²) in [5, 5.41) is 23.7. The van der Waals surface area contributed by atoms with Gasteiger partial charge in [0.05, 0.1) is 21.7 Å². The van der Waals surface area contributed by atoms with E-state index < -0.39 is 51.6 Å². The minimum atomic E-state index is -4.89. The van der Waals surface area contributed by atoms with Gasteiger partial charge in [-0.25, -0.2) is 0 Å². The molecule has 1 heterocycles. The second kappa shape index (κ2) is 11.6. The number of fused-ring (bicyclic) bond motifs is 1. The topological polar surface area (TPSA) is 297 Å². The number of phenolic OH excluding ortho intramolecular Hbond substituents is 1. The van der Waals surface area contributed by atoms with Gasteiger partial charge in [-0.1, -0.05) is 6.07 Å². The van der Waals surface area contributed by atoms with Crippen LogP contribution in [0.4, 0.5) is 34.6 Å². The van der Waals surface area contributed by atoms with Crippen molar-refractivity contribution in [3.63, 3.8) is 0 Å². The minimum Gasteiger partial charge on any atom is -0.507 e. The molecule has 0 fully saturated rings. The summed E-state index contributed by atoms with van der Waals surface area (Å²) >= 11 is 0.